The van der Waals surface area contributed by atoms with Gasteiger partial charge in [0.05, 0.1) is 24.4 Å². The Labute approximate surface area is 97.1 Å². The highest BCUT2D eigenvalue weighted by molar-refractivity contribution is 6.36. The third-order valence-electron chi connectivity index (χ3n) is 1.58. The van der Waals surface area contributed by atoms with Crippen LogP contribution in [-0.4, -0.2) is 29.6 Å². The normalized spacial score (nSPS) is 10.9. The second-order valence-electron chi connectivity index (χ2n) is 2.72. The molecule has 0 fully saturated rings. The van der Waals surface area contributed by atoms with Crippen LogP contribution in [0.25, 0.3) is 0 Å². The average molecular weight is 249 g/mol. The van der Waals surface area contributed by atoms with Crippen molar-refractivity contribution in [3.63, 3.8) is 0 Å². The zero-order valence-electron chi connectivity index (χ0n) is 7.74. The second kappa shape index (κ2) is 5.80. The summed E-state index contributed by atoms with van der Waals surface area (Å²) in [6.45, 7) is 0.325. The number of phenolic OH excluding ortho intramolecular Hbond substituents is 1. The summed E-state index contributed by atoms with van der Waals surface area (Å²) in [7, 11) is 0. The van der Waals surface area contributed by atoms with E-state index < -0.39 is 0 Å². The largest absolute Gasteiger partial charge is 0.506 e. The van der Waals surface area contributed by atoms with Crippen LogP contribution in [0.2, 0.25) is 10.0 Å². The van der Waals surface area contributed by atoms with Gasteiger partial charge in [0.1, 0.15) is 5.75 Å². The zero-order valence-corrected chi connectivity index (χ0v) is 9.26. The summed E-state index contributed by atoms with van der Waals surface area (Å²) in [4.78, 5) is 0. The summed E-state index contributed by atoms with van der Waals surface area (Å²) in [5.41, 5.74) is 2.99. The predicted molar refractivity (Wildman–Crippen MR) is 60.8 cm³/mol. The predicted octanol–water partition coefficient (Wildman–Crippen LogP) is 1.61. The summed E-state index contributed by atoms with van der Waals surface area (Å²) in [6.07, 6.45) is 1.38. The average Bonchev–Trinajstić information content (AvgIpc) is 2.19. The topological polar surface area (TPSA) is 64.8 Å². The van der Waals surface area contributed by atoms with Gasteiger partial charge in [-0.1, -0.05) is 23.2 Å². The van der Waals surface area contributed by atoms with Gasteiger partial charge in [0, 0.05) is 10.6 Å². The number of aliphatic hydroxyl groups excluding tert-OH is 1. The number of hydrazone groups is 1. The van der Waals surface area contributed by atoms with Crippen molar-refractivity contribution in [2.45, 2.75) is 0 Å². The van der Waals surface area contributed by atoms with Gasteiger partial charge in [-0.15, -0.1) is 0 Å². The van der Waals surface area contributed by atoms with E-state index in [-0.39, 0.29) is 17.4 Å². The molecule has 0 amide bonds. The van der Waals surface area contributed by atoms with E-state index in [1.54, 1.807) is 0 Å². The summed E-state index contributed by atoms with van der Waals surface area (Å²) < 4.78 is 0. The molecular weight excluding hydrogens is 239 g/mol. The lowest BCUT2D eigenvalue weighted by Gasteiger charge is -2.02. The molecule has 1 aromatic carbocycles. The van der Waals surface area contributed by atoms with Gasteiger partial charge in [-0.3, -0.25) is 0 Å². The molecule has 15 heavy (non-hydrogen) atoms. The van der Waals surface area contributed by atoms with Crippen LogP contribution in [0, 0.1) is 0 Å². The Balaban J connectivity index is 2.80. The van der Waals surface area contributed by atoms with Gasteiger partial charge in [-0.05, 0) is 12.1 Å². The molecule has 82 valence electrons. The minimum atomic E-state index is -0.0735. The van der Waals surface area contributed by atoms with Gasteiger partial charge in [0.25, 0.3) is 0 Å². The van der Waals surface area contributed by atoms with Crippen LogP contribution in [0.5, 0.6) is 5.75 Å². The van der Waals surface area contributed by atoms with E-state index in [4.69, 9.17) is 28.3 Å². The smallest absolute Gasteiger partial charge is 0.143 e. The molecule has 4 nitrogen and oxygen atoms in total. The number of benzene rings is 1. The Kier molecular flexibility index (Phi) is 4.68. The standard InChI is InChI=1S/C9H10Cl2N2O2/c10-7-3-6(5-13-12-1-2-14)9(15)8(11)4-7/h3-5,12,14-15H,1-2H2/b13-5+. The van der Waals surface area contributed by atoms with Crippen molar-refractivity contribution in [3.8, 4) is 5.75 Å². The molecule has 0 heterocycles. The van der Waals surface area contributed by atoms with Gasteiger partial charge in [-0.2, -0.15) is 5.10 Å². The van der Waals surface area contributed by atoms with Crippen molar-refractivity contribution in [2.75, 3.05) is 13.2 Å². The van der Waals surface area contributed by atoms with Gasteiger partial charge in [0.2, 0.25) is 0 Å². The number of aromatic hydroxyl groups is 1. The maximum Gasteiger partial charge on any atom is 0.143 e. The lowest BCUT2D eigenvalue weighted by atomic mass is 10.2. The zero-order chi connectivity index (χ0) is 11.3. The number of hydrogen-bond acceptors (Lipinski definition) is 4. The minimum Gasteiger partial charge on any atom is -0.506 e. The van der Waals surface area contributed by atoms with Crippen LogP contribution in [0.1, 0.15) is 5.56 Å². The van der Waals surface area contributed by atoms with Crippen molar-refractivity contribution in [1.29, 1.82) is 0 Å². The molecule has 0 unspecified atom stereocenters. The van der Waals surface area contributed by atoms with E-state index in [0.717, 1.165) is 0 Å². The number of hydrogen-bond donors (Lipinski definition) is 3. The lowest BCUT2D eigenvalue weighted by molar-refractivity contribution is 0.294. The maximum absolute atomic E-state index is 9.52. The van der Waals surface area contributed by atoms with Crippen molar-refractivity contribution in [2.24, 2.45) is 5.10 Å². The minimum absolute atomic E-state index is 0.0143. The Morgan fingerprint density at radius 3 is 2.80 bits per heavy atom. The molecule has 1 rings (SSSR count). The van der Waals surface area contributed by atoms with Crippen molar-refractivity contribution >= 4 is 29.4 Å². The number of halogens is 2. The van der Waals surface area contributed by atoms with Crippen LogP contribution >= 0.6 is 23.2 Å². The van der Waals surface area contributed by atoms with Gasteiger partial charge >= 0.3 is 0 Å². The van der Waals surface area contributed by atoms with Crippen LogP contribution in [-0.2, 0) is 0 Å². The highest BCUT2D eigenvalue weighted by Crippen LogP contribution is 2.29. The van der Waals surface area contributed by atoms with Crippen LogP contribution in [0.15, 0.2) is 17.2 Å². The molecule has 0 bridgehead atoms. The highest BCUT2D eigenvalue weighted by atomic mass is 35.5. The molecule has 3 N–H and O–H groups in total. The van der Waals surface area contributed by atoms with Crippen LogP contribution in [0.3, 0.4) is 0 Å². The third kappa shape index (κ3) is 3.58. The number of nitrogens with zero attached hydrogens (tertiary/aromatic N) is 1. The van der Waals surface area contributed by atoms with E-state index >= 15 is 0 Å². The van der Waals surface area contributed by atoms with E-state index in [0.29, 0.717) is 17.1 Å². The monoisotopic (exact) mass is 248 g/mol. The highest BCUT2D eigenvalue weighted by Gasteiger charge is 2.05. The molecule has 0 aliphatic carbocycles. The molecule has 0 saturated heterocycles. The number of phenols is 1. The summed E-state index contributed by atoms with van der Waals surface area (Å²) in [5.74, 6) is -0.0735. The summed E-state index contributed by atoms with van der Waals surface area (Å²) in [6, 6.07) is 2.98. The van der Waals surface area contributed by atoms with Crippen molar-refractivity contribution < 1.29 is 10.2 Å². The van der Waals surface area contributed by atoms with Crippen molar-refractivity contribution in [1.82, 2.24) is 5.43 Å². The molecule has 0 aromatic heterocycles. The van der Waals surface area contributed by atoms with E-state index in [1.165, 1.54) is 18.3 Å². The Bertz CT molecular complexity index is 369. The number of aliphatic hydroxyl groups is 1. The first-order valence-corrected chi connectivity index (χ1v) is 4.95. The molecular formula is C9H10Cl2N2O2. The fourth-order valence-electron chi connectivity index (χ4n) is 0.914. The summed E-state index contributed by atoms with van der Waals surface area (Å²) >= 11 is 11.4. The molecule has 0 atom stereocenters. The fraction of sp³-hybridized carbons (Fsp3) is 0.222. The molecule has 0 aliphatic heterocycles. The Morgan fingerprint density at radius 2 is 2.13 bits per heavy atom. The van der Waals surface area contributed by atoms with E-state index in [2.05, 4.69) is 10.5 Å². The molecule has 0 radical (unpaired) electrons. The first kappa shape index (κ1) is 12.1. The summed E-state index contributed by atoms with van der Waals surface area (Å²) in [5, 5.41) is 22.4. The fourth-order valence-corrected chi connectivity index (χ4v) is 1.42. The lowest BCUT2D eigenvalue weighted by Crippen LogP contribution is -2.11. The quantitative estimate of drug-likeness (QED) is 0.431. The van der Waals surface area contributed by atoms with Crippen LogP contribution in [0.4, 0.5) is 0 Å². The molecule has 1 aromatic rings. The molecule has 0 spiro atoms. The van der Waals surface area contributed by atoms with Gasteiger partial charge in [-0.25, -0.2) is 0 Å². The number of rotatable bonds is 4. The maximum atomic E-state index is 9.52. The molecule has 0 saturated carbocycles. The van der Waals surface area contributed by atoms with E-state index in [1.807, 2.05) is 0 Å². The van der Waals surface area contributed by atoms with Gasteiger partial charge in [0.15, 0.2) is 0 Å². The van der Waals surface area contributed by atoms with E-state index in [9.17, 15) is 5.11 Å². The third-order valence-corrected chi connectivity index (χ3v) is 2.08. The first-order chi connectivity index (χ1) is 7.15. The molecule has 0 aliphatic rings. The van der Waals surface area contributed by atoms with Crippen molar-refractivity contribution in [3.05, 3.63) is 27.7 Å². The first-order valence-electron chi connectivity index (χ1n) is 4.20. The second-order valence-corrected chi connectivity index (χ2v) is 3.56. The van der Waals surface area contributed by atoms with Crippen LogP contribution < -0.4 is 5.43 Å². The Morgan fingerprint density at radius 1 is 1.40 bits per heavy atom. The Hall–Kier alpha value is -0.970. The number of nitrogens with one attached hydrogen (secondary N) is 1. The SMILES string of the molecule is OCCN/N=C/c1cc(Cl)cc(Cl)c1O. The molecule has 6 heteroatoms. The van der Waals surface area contributed by atoms with Gasteiger partial charge < -0.3 is 15.6 Å².